The molecule has 1 aliphatic heterocycles. The minimum atomic E-state index is -0.348. The Kier molecular flexibility index (Phi) is 4.98. The highest BCUT2D eigenvalue weighted by Crippen LogP contribution is 2.27. The lowest BCUT2D eigenvalue weighted by Gasteiger charge is -2.29. The van der Waals surface area contributed by atoms with Crippen LogP contribution >= 0.6 is 22.6 Å². The van der Waals surface area contributed by atoms with Gasteiger partial charge in [0.1, 0.15) is 0 Å². The average Bonchev–Trinajstić information content (AvgIpc) is 2.39. The van der Waals surface area contributed by atoms with Gasteiger partial charge in [0, 0.05) is 29.3 Å². The Morgan fingerprint density at radius 3 is 2.74 bits per heavy atom. The van der Waals surface area contributed by atoms with Crippen molar-refractivity contribution in [3.8, 4) is 0 Å². The molecule has 104 valence electrons. The van der Waals surface area contributed by atoms with Crippen molar-refractivity contribution in [3.05, 3.63) is 31.9 Å². The van der Waals surface area contributed by atoms with Crippen molar-refractivity contribution < 1.29 is 4.92 Å². The summed E-state index contributed by atoms with van der Waals surface area (Å²) >= 11 is 2.17. The van der Waals surface area contributed by atoms with Gasteiger partial charge >= 0.3 is 0 Å². The van der Waals surface area contributed by atoms with E-state index in [2.05, 4.69) is 39.9 Å². The van der Waals surface area contributed by atoms with Gasteiger partial charge in [-0.25, -0.2) is 0 Å². The smallest absolute Gasteiger partial charge is 0.270 e. The molecule has 1 saturated heterocycles. The van der Waals surface area contributed by atoms with Crippen LogP contribution in [-0.4, -0.2) is 31.6 Å². The normalized spacial score (nSPS) is 16.3. The highest BCUT2D eigenvalue weighted by molar-refractivity contribution is 14.1. The fourth-order valence-corrected chi connectivity index (χ4v) is 3.38. The number of hydrogen-bond donors (Lipinski definition) is 1. The maximum atomic E-state index is 10.7. The molecule has 19 heavy (non-hydrogen) atoms. The summed E-state index contributed by atoms with van der Waals surface area (Å²) in [5.74, 6) is 0.706. The summed E-state index contributed by atoms with van der Waals surface area (Å²) in [4.78, 5) is 12.6. The van der Waals surface area contributed by atoms with Gasteiger partial charge in [0.15, 0.2) is 0 Å². The molecule has 1 aromatic rings. The number of nitrogens with zero attached hydrogens (tertiary/aromatic N) is 2. The minimum Gasteiger partial charge on any atom is -0.373 e. The summed E-state index contributed by atoms with van der Waals surface area (Å²) in [6.07, 6.45) is 2.40. The number of nitro groups is 1. The van der Waals surface area contributed by atoms with E-state index in [1.54, 1.807) is 12.1 Å². The summed E-state index contributed by atoms with van der Waals surface area (Å²) in [5.41, 5.74) is 1.23. The van der Waals surface area contributed by atoms with Crippen molar-refractivity contribution >= 4 is 34.0 Å². The highest BCUT2D eigenvalue weighted by atomic mass is 127. The quantitative estimate of drug-likeness (QED) is 0.500. The van der Waals surface area contributed by atoms with Crippen molar-refractivity contribution in [1.29, 1.82) is 0 Å². The molecule has 0 aliphatic carbocycles. The lowest BCUT2D eigenvalue weighted by atomic mass is 9.97. The molecule has 0 saturated carbocycles. The lowest BCUT2D eigenvalue weighted by Crippen LogP contribution is -2.34. The van der Waals surface area contributed by atoms with Crippen LogP contribution in [0.3, 0.4) is 0 Å². The SMILES string of the molecule is CN(CC1CCNCC1)c1ccc([N+](=O)[O-])cc1I. The number of halogens is 1. The van der Waals surface area contributed by atoms with Gasteiger partial charge < -0.3 is 10.2 Å². The predicted molar refractivity (Wildman–Crippen MR) is 84.7 cm³/mol. The Hall–Kier alpha value is -0.890. The van der Waals surface area contributed by atoms with E-state index >= 15 is 0 Å². The van der Waals surface area contributed by atoms with E-state index in [-0.39, 0.29) is 10.6 Å². The van der Waals surface area contributed by atoms with Gasteiger partial charge in [0.25, 0.3) is 5.69 Å². The Bertz CT molecular complexity index is 461. The number of nitro benzene ring substituents is 1. The number of non-ortho nitro benzene ring substituents is 1. The molecule has 0 aromatic heterocycles. The number of benzene rings is 1. The monoisotopic (exact) mass is 375 g/mol. The number of rotatable bonds is 4. The highest BCUT2D eigenvalue weighted by Gasteiger charge is 2.17. The second kappa shape index (κ2) is 6.51. The zero-order valence-electron chi connectivity index (χ0n) is 10.9. The third-order valence-corrected chi connectivity index (χ3v) is 4.41. The molecule has 0 atom stereocenters. The summed E-state index contributed by atoms with van der Waals surface area (Å²) < 4.78 is 0.934. The molecule has 1 aliphatic rings. The van der Waals surface area contributed by atoms with Gasteiger partial charge in [-0.2, -0.15) is 0 Å². The topological polar surface area (TPSA) is 58.4 Å². The van der Waals surface area contributed by atoms with E-state index in [9.17, 15) is 10.1 Å². The van der Waals surface area contributed by atoms with Gasteiger partial charge in [-0.3, -0.25) is 10.1 Å². The second-order valence-corrected chi connectivity index (χ2v) is 6.13. The van der Waals surface area contributed by atoms with Crippen LogP contribution in [0.2, 0.25) is 0 Å². The summed E-state index contributed by atoms with van der Waals surface area (Å²) in [7, 11) is 2.06. The molecule has 0 bridgehead atoms. The molecule has 0 spiro atoms. The van der Waals surface area contributed by atoms with Crippen LogP contribution in [0.1, 0.15) is 12.8 Å². The van der Waals surface area contributed by atoms with E-state index in [4.69, 9.17) is 0 Å². The van der Waals surface area contributed by atoms with Gasteiger partial charge in [0.2, 0.25) is 0 Å². The van der Waals surface area contributed by atoms with Crippen molar-refractivity contribution in [2.75, 3.05) is 31.6 Å². The molecule has 1 aromatic carbocycles. The van der Waals surface area contributed by atoms with Crippen LogP contribution in [0, 0.1) is 19.6 Å². The van der Waals surface area contributed by atoms with Gasteiger partial charge in [-0.1, -0.05) is 0 Å². The molecule has 6 heteroatoms. The standard InChI is InChI=1S/C13H18IN3O2/c1-16(9-10-4-6-15-7-5-10)13-3-2-11(17(18)19)8-12(13)14/h2-3,8,10,15H,4-7,9H2,1H3. The number of anilines is 1. The van der Waals surface area contributed by atoms with Crippen LogP contribution in [0.15, 0.2) is 18.2 Å². The minimum absolute atomic E-state index is 0.156. The predicted octanol–water partition coefficient (Wildman–Crippen LogP) is 2.64. The third kappa shape index (κ3) is 3.79. The number of hydrogen-bond acceptors (Lipinski definition) is 4. The molecular weight excluding hydrogens is 357 g/mol. The molecule has 1 fully saturated rings. The Morgan fingerprint density at radius 1 is 1.47 bits per heavy atom. The largest absolute Gasteiger partial charge is 0.373 e. The molecule has 0 amide bonds. The van der Waals surface area contributed by atoms with Crippen molar-refractivity contribution in [2.24, 2.45) is 5.92 Å². The number of nitrogens with one attached hydrogen (secondary N) is 1. The second-order valence-electron chi connectivity index (χ2n) is 4.97. The zero-order valence-corrected chi connectivity index (χ0v) is 13.1. The Labute approximate surface area is 126 Å². The lowest BCUT2D eigenvalue weighted by molar-refractivity contribution is -0.384. The van der Waals surface area contributed by atoms with Crippen molar-refractivity contribution in [2.45, 2.75) is 12.8 Å². The fourth-order valence-electron chi connectivity index (χ4n) is 2.47. The first-order valence-corrected chi connectivity index (χ1v) is 7.51. The summed E-state index contributed by atoms with van der Waals surface area (Å²) in [6.45, 7) is 3.20. The van der Waals surface area contributed by atoms with Crippen LogP contribution < -0.4 is 10.2 Å². The third-order valence-electron chi connectivity index (χ3n) is 3.54. The van der Waals surface area contributed by atoms with Gasteiger partial charge in [-0.15, -0.1) is 0 Å². The average molecular weight is 375 g/mol. The van der Waals surface area contributed by atoms with Gasteiger partial charge in [0.05, 0.1) is 10.6 Å². The maximum Gasteiger partial charge on any atom is 0.270 e. The summed E-state index contributed by atoms with van der Waals surface area (Å²) in [6, 6.07) is 5.06. The maximum absolute atomic E-state index is 10.7. The van der Waals surface area contributed by atoms with E-state index in [0.29, 0.717) is 5.92 Å². The van der Waals surface area contributed by atoms with Crippen LogP contribution in [0.4, 0.5) is 11.4 Å². The van der Waals surface area contributed by atoms with Crippen molar-refractivity contribution in [3.63, 3.8) is 0 Å². The first-order chi connectivity index (χ1) is 9.08. The first kappa shape index (κ1) is 14.5. The van der Waals surface area contributed by atoms with Crippen LogP contribution in [-0.2, 0) is 0 Å². The Balaban J connectivity index is 2.05. The first-order valence-electron chi connectivity index (χ1n) is 6.43. The molecule has 1 heterocycles. The summed E-state index contributed by atoms with van der Waals surface area (Å²) in [5, 5.41) is 14.1. The zero-order chi connectivity index (χ0) is 13.8. The van der Waals surface area contributed by atoms with Crippen LogP contribution in [0.25, 0.3) is 0 Å². The van der Waals surface area contributed by atoms with E-state index < -0.39 is 0 Å². The number of piperidine rings is 1. The van der Waals surface area contributed by atoms with Gasteiger partial charge in [-0.05, 0) is 60.5 Å². The van der Waals surface area contributed by atoms with Crippen LogP contribution in [0.5, 0.6) is 0 Å². The molecule has 5 nitrogen and oxygen atoms in total. The molecule has 0 radical (unpaired) electrons. The molecule has 2 rings (SSSR count). The molecule has 0 unspecified atom stereocenters. The molecular formula is C13H18IN3O2. The molecule has 1 N–H and O–H groups in total. The van der Waals surface area contributed by atoms with E-state index in [1.807, 2.05) is 6.07 Å². The van der Waals surface area contributed by atoms with Crippen molar-refractivity contribution in [1.82, 2.24) is 5.32 Å². The van der Waals surface area contributed by atoms with E-state index in [0.717, 1.165) is 28.9 Å². The Morgan fingerprint density at radius 2 is 2.16 bits per heavy atom. The fraction of sp³-hybridized carbons (Fsp3) is 0.538. The van der Waals surface area contributed by atoms with E-state index in [1.165, 1.54) is 12.8 Å².